The third kappa shape index (κ3) is 4.11. The second-order valence-electron chi connectivity index (χ2n) is 10.1. The maximum Gasteiger partial charge on any atom is 0.486 e. The van der Waals surface area contributed by atoms with Gasteiger partial charge in [0.15, 0.2) is 0 Å². The largest absolute Gasteiger partial charge is 0.486 e. The molecule has 0 aromatic heterocycles. The molecule has 2 aliphatic rings. The molecule has 2 heterocycles. The lowest BCUT2D eigenvalue weighted by Crippen LogP contribution is -2.41. The third-order valence-electron chi connectivity index (χ3n) is 6.82. The Labute approximate surface area is 181 Å². The van der Waals surface area contributed by atoms with Crippen molar-refractivity contribution in [2.75, 3.05) is 11.9 Å². The van der Waals surface area contributed by atoms with Gasteiger partial charge in [-0.25, -0.2) is 0 Å². The quantitative estimate of drug-likeness (QED) is 0.555. The van der Waals surface area contributed by atoms with E-state index >= 15 is 0 Å². The number of nitrogens with zero attached hydrogens (tertiary/aromatic N) is 1. The molecular weight excluding hydrogens is 380 g/mol. The zero-order valence-corrected chi connectivity index (χ0v) is 19.6. The van der Waals surface area contributed by atoms with Crippen molar-refractivity contribution in [1.29, 1.82) is 0 Å². The molecule has 1 aromatic carbocycles. The van der Waals surface area contributed by atoms with Gasteiger partial charge in [0.1, 0.15) is 0 Å². The van der Waals surface area contributed by atoms with E-state index in [9.17, 15) is 4.79 Å². The van der Waals surface area contributed by atoms with Crippen LogP contribution in [0.3, 0.4) is 0 Å². The fourth-order valence-corrected chi connectivity index (χ4v) is 3.22. The number of amides is 1. The Balaban J connectivity index is 1.96. The predicted molar refractivity (Wildman–Crippen MR) is 120 cm³/mol. The van der Waals surface area contributed by atoms with Crippen LogP contribution in [0.5, 0.6) is 0 Å². The van der Waals surface area contributed by atoms with E-state index < -0.39 is 36.6 Å². The summed E-state index contributed by atoms with van der Waals surface area (Å²) in [4.78, 5) is 14.7. The maximum atomic E-state index is 13.1. The van der Waals surface area contributed by atoms with Gasteiger partial charge in [0.25, 0.3) is 0 Å². The molecule has 3 rings (SSSR count). The Bertz CT molecular complexity index is 765. The Kier molecular flexibility index (Phi) is 5.78. The lowest BCUT2D eigenvalue weighted by molar-refractivity contribution is -0.113. The van der Waals surface area contributed by atoms with Gasteiger partial charge < -0.3 is 23.5 Å². The van der Waals surface area contributed by atoms with Gasteiger partial charge in [-0.2, -0.15) is 0 Å². The van der Waals surface area contributed by atoms with Crippen LogP contribution in [-0.2, 0) is 23.4 Å². The van der Waals surface area contributed by atoms with Crippen molar-refractivity contribution in [1.82, 2.24) is 0 Å². The number of para-hydroxylation sites is 1. The van der Waals surface area contributed by atoms with Crippen molar-refractivity contribution >= 4 is 25.8 Å². The van der Waals surface area contributed by atoms with Crippen LogP contribution in [0.1, 0.15) is 55.4 Å². The number of rotatable bonds is 4. The van der Waals surface area contributed by atoms with Crippen LogP contribution in [0.15, 0.2) is 41.8 Å². The molecule has 1 amide bonds. The molecule has 0 atom stereocenters. The van der Waals surface area contributed by atoms with Gasteiger partial charge in [-0.05, 0) is 79.0 Å². The second-order valence-corrected chi connectivity index (χ2v) is 10.1. The summed E-state index contributed by atoms with van der Waals surface area (Å²) in [5.74, 6) is -0.208. The van der Waals surface area contributed by atoms with E-state index in [-0.39, 0.29) is 5.91 Å². The molecule has 2 fully saturated rings. The first-order valence-corrected chi connectivity index (χ1v) is 10.4. The van der Waals surface area contributed by atoms with Gasteiger partial charge in [0.2, 0.25) is 5.91 Å². The zero-order chi connectivity index (χ0) is 22.5. The summed E-state index contributed by atoms with van der Waals surface area (Å²) in [6.45, 7) is 15.8. The molecular formula is C22H33B2NO5. The molecule has 0 aliphatic carbocycles. The molecule has 8 heteroatoms. The number of likely N-dealkylation sites (N-methyl/N-ethyl adjacent to an activating group) is 1. The minimum absolute atomic E-state index is 0.208. The van der Waals surface area contributed by atoms with Crippen LogP contribution in [-0.4, -0.2) is 49.6 Å². The van der Waals surface area contributed by atoms with Gasteiger partial charge in [0.05, 0.1) is 22.4 Å². The topological polar surface area (TPSA) is 57.2 Å². The summed E-state index contributed by atoms with van der Waals surface area (Å²) < 4.78 is 25.0. The Morgan fingerprint density at radius 3 is 1.50 bits per heavy atom. The fraction of sp³-hybridized carbons (Fsp3) is 0.591. The van der Waals surface area contributed by atoms with Crippen molar-refractivity contribution in [2.45, 2.75) is 77.8 Å². The molecule has 0 unspecified atom stereocenters. The van der Waals surface area contributed by atoms with E-state index in [0.717, 1.165) is 5.69 Å². The van der Waals surface area contributed by atoms with Crippen molar-refractivity contribution in [3.63, 3.8) is 0 Å². The summed E-state index contributed by atoms with van der Waals surface area (Å²) >= 11 is 0. The smallest absolute Gasteiger partial charge is 0.400 e. The van der Waals surface area contributed by atoms with Crippen LogP contribution in [0.4, 0.5) is 5.69 Å². The third-order valence-corrected chi connectivity index (χ3v) is 6.82. The minimum Gasteiger partial charge on any atom is -0.400 e. The molecule has 0 N–H and O–H groups in total. The molecule has 0 bridgehead atoms. The van der Waals surface area contributed by atoms with Crippen LogP contribution in [0.25, 0.3) is 0 Å². The highest BCUT2D eigenvalue weighted by molar-refractivity contribution is 6.79. The lowest BCUT2D eigenvalue weighted by Gasteiger charge is -2.32. The summed E-state index contributed by atoms with van der Waals surface area (Å²) in [6.07, 6.45) is 1.53. The van der Waals surface area contributed by atoms with Crippen molar-refractivity contribution < 1.29 is 23.4 Å². The molecule has 0 spiro atoms. The first kappa shape index (κ1) is 23.1. The van der Waals surface area contributed by atoms with E-state index in [1.165, 1.54) is 6.08 Å². The van der Waals surface area contributed by atoms with E-state index in [1.54, 1.807) is 11.9 Å². The van der Waals surface area contributed by atoms with E-state index in [2.05, 4.69) is 0 Å². The average molecular weight is 413 g/mol. The lowest BCUT2D eigenvalue weighted by atomic mass is 9.57. The van der Waals surface area contributed by atoms with Gasteiger partial charge >= 0.3 is 14.2 Å². The maximum absolute atomic E-state index is 13.1. The van der Waals surface area contributed by atoms with Gasteiger partial charge in [-0.1, -0.05) is 18.2 Å². The number of anilines is 1. The molecule has 0 radical (unpaired) electrons. The highest BCUT2D eigenvalue weighted by atomic mass is 16.7. The Morgan fingerprint density at radius 2 is 1.13 bits per heavy atom. The molecule has 2 saturated heterocycles. The van der Waals surface area contributed by atoms with Crippen molar-refractivity contribution in [3.05, 3.63) is 41.8 Å². The number of hydrogen-bond donors (Lipinski definition) is 0. The first-order chi connectivity index (χ1) is 13.7. The van der Waals surface area contributed by atoms with Gasteiger partial charge in [0, 0.05) is 12.7 Å². The highest BCUT2D eigenvalue weighted by Gasteiger charge is 2.59. The molecule has 0 saturated carbocycles. The molecule has 1 aromatic rings. The number of carbonyl (C=O) groups excluding carboxylic acids is 1. The predicted octanol–water partition coefficient (Wildman–Crippen LogP) is 3.84. The first-order valence-electron chi connectivity index (χ1n) is 10.4. The highest BCUT2D eigenvalue weighted by Crippen LogP contribution is 2.43. The van der Waals surface area contributed by atoms with Crippen molar-refractivity contribution in [2.24, 2.45) is 0 Å². The van der Waals surface area contributed by atoms with E-state index in [1.807, 2.05) is 85.7 Å². The van der Waals surface area contributed by atoms with Crippen LogP contribution in [0.2, 0.25) is 0 Å². The van der Waals surface area contributed by atoms with Crippen LogP contribution >= 0.6 is 0 Å². The van der Waals surface area contributed by atoms with Crippen molar-refractivity contribution in [3.8, 4) is 0 Å². The Morgan fingerprint density at radius 1 is 0.767 bits per heavy atom. The monoisotopic (exact) mass is 413 g/mol. The summed E-state index contributed by atoms with van der Waals surface area (Å²) in [7, 11) is 0.232. The van der Waals surface area contributed by atoms with E-state index in [4.69, 9.17) is 18.6 Å². The summed E-state index contributed by atoms with van der Waals surface area (Å²) in [5, 5.41) is 0.528. The zero-order valence-electron chi connectivity index (χ0n) is 19.6. The molecule has 2 aliphatic heterocycles. The fourth-order valence-electron chi connectivity index (χ4n) is 3.22. The minimum atomic E-state index is -0.752. The summed E-state index contributed by atoms with van der Waals surface area (Å²) in [5.41, 5.74) is -1.39. The number of benzene rings is 1. The molecule has 162 valence electrons. The van der Waals surface area contributed by atoms with Gasteiger partial charge in [-0.3, -0.25) is 4.79 Å². The van der Waals surface area contributed by atoms with Crippen LogP contribution < -0.4 is 4.90 Å². The normalized spacial score (nSPS) is 23.4. The second kappa shape index (κ2) is 7.52. The molecule has 6 nitrogen and oxygen atoms in total. The summed E-state index contributed by atoms with van der Waals surface area (Å²) in [6, 6.07) is 9.47. The average Bonchev–Trinajstić information content (AvgIpc) is 2.98. The molecule has 30 heavy (non-hydrogen) atoms. The number of carbonyl (C=O) groups is 1. The van der Waals surface area contributed by atoms with Gasteiger partial charge in [-0.15, -0.1) is 0 Å². The standard InChI is InChI=1S/C22H33B2NO5/c1-19(2)20(3,4)28-23(27-19)17(24-29-21(5,6)22(7,8)30-24)15-18(26)25(9)16-13-11-10-12-14-16/h10-15H,1-9H3. The van der Waals surface area contributed by atoms with E-state index in [0.29, 0.717) is 5.37 Å². The number of hydrogen-bond acceptors (Lipinski definition) is 5. The SMILES string of the molecule is CN(C(=O)C=C(B1OC(C)(C)C(C)(C)O1)B1OC(C)(C)C(C)(C)O1)c1ccccc1. The van der Waals surface area contributed by atoms with Crippen LogP contribution in [0, 0.1) is 0 Å². The Hall–Kier alpha value is -1.60.